The smallest absolute Gasteiger partial charge is 0.0480 e. The topological polar surface area (TPSA) is 21.3 Å². The molecule has 0 spiro atoms. The normalized spacial score (nSPS) is 34.9. The maximum absolute atomic E-state index is 5.37. The summed E-state index contributed by atoms with van der Waals surface area (Å²) in [6, 6.07) is 1.55. The van der Waals surface area contributed by atoms with Crippen LogP contribution in [0, 0.1) is 5.92 Å². The van der Waals surface area contributed by atoms with Gasteiger partial charge < -0.3 is 10.1 Å². The van der Waals surface area contributed by atoms with Gasteiger partial charge in [0.2, 0.25) is 0 Å². The molecule has 0 bridgehead atoms. The van der Waals surface area contributed by atoms with Crippen LogP contribution in [-0.2, 0) is 4.74 Å². The standard InChI is InChI=1S/C12H23NO/c1-2-10-3-4-12(9-10)13-11-5-7-14-8-6-11/h10-13H,2-9H2,1H3. The molecule has 1 N–H and O–H groups in total. The van der Waals surface area contributed by atoms with Crippen LogP contribution in [0.25, 0.3) is 0 Å². The van der Waals surface area contributed by atoms with Crippen molar-refractivity contribution in [2.24, 2.45) is 5.92 Å². The first-order valence-corrected chi connectivity index (χ1v) is 6.22. The molecule has 82 valence electrons. The van der Waals surface area contributed by atoms with Crippen molar-refractivity contribution >= 4 is 0 Å². The zero-order valence-corrected chi connectivity index (χ0v) is 9.30. The zero-order chi connectivity index (χ0) is 9.80. The molecule has 1 saturated heterocycles. The number of hydrogen-bond donors (Lipinski definition) is 1. The molecule has 0 aromatic heterocycles. The quantitative estimate of drug-likeness (QED) is 0.750. The molecule has 14 heavy (non-hydrogen) atoms. The first kappa shape index (κ1) is 10.4. The van der Waals surface area contributed by atoms with Gasteiger partial charge in [0, 0.05) is 25.3 Å². The predicted octanol–water partition coefficient (Wildman–Crippen LogP) is 2.33. The minimum atomic E-state index is 0.740. The molecule has 0 radical (unpaired) electrons. The van der Waals surface area contributed by atoms with Crippen LogP contribution in [0.4, 0.5) is 0 Å². The van der Waals surface area contributed by atoms with E-state index >= 15 is 0 Å². The predicted molar refractivity (Wildman–Crippen MR) is 58.4 cm³/mol. The molecular weight excluding hydrogens is 174 g/mol. The lowest BCUT2D eigenvalue weighted by Crippen LogP contribution is -2.40. The molecule has 1 aliphatic carbocycles. The molecule has 0 amide bonds. The molecule has 2 fully saturated rings. The van der Waals surface area contributed by atoms with Crippen molar-refractivity contribution < 1.29 is 4.74 Å². The minimum Gasteiger partial charge on any atom is -0.381 e. The monoisotopic (exact) mass is 197 g/mol. The first-order valence-electron chi connectivity index (χ1n) is 6.22. The van der Waals surface area contributed by atoms with Gasteiger partial charge in [-0.25, -0.2) is 0 Å². The Balaban J connectivity index is 1.69. The minimum absolute atomic E-state index is 0.740. The van der Waals surface area contributed by atoms with Crippen LogP contribution < -0.4 is 5.32 Å². The molecule has 2 unspecified atom stereocenters. The molecule has 2 atom stereocenters. The van der Waals surface area contributed by atoms with E-state index in [2.05, 4.69) is 12.2 Å². The van der Waals surface area contributed by atoms with E-state index in [4.69, 9.17) is 4.74 Å². The van der Waals surface area contributed by atoms with E-state index in [9.17, 15) is 0 Å². The van der Waals surface area contributed by atoms with Crippen molar-refractivity contribution in [1.82, 2.24) is 5.32 Å². The van der Waals surface area contributed by atoms with Crippen LogP contribution in [0.2, 0.25) is 0 Å². The molecular formula is C12H23NO. The van der Waals surface area contributed by atoms with Gasteiger partial charge >= 0.3 is 0 Å². The highest BCUT2D eigenvalue weighted by molar-refractivity contribution is 4.83. The second-order valence-electron chi connectivity index (χ2n) is 4.84. The van der Waals surface area contributed by atoms with Crippen LogP contribution in [0.15, 0.2) is 0 Å². The molecule has 2 heteroatoms. The Morgan fingerprint density at radius 3 is 2.50 bits per heavy atom. The maximum Gasteiger partial charge on any atom is 0.0480 e. The summed E-state index contributed by atoms with van der Waals surface area (Å²) >= 11 is 0. The highest BCUT2D eigenvalue weighted by atomic mass is 16.5. The average Bonchev–Trinajstić information content (AvgIpc) is 2.67. The summed E-state index contributed by atoms with van der Waals surface area (Å²) in [4.78, 5) is 0. The summed E-state index contributed by atoms with van der Waals surface area (Å²) in [6.45, 7) is 4.24. The third-order valence-corrected chi connectivity index (χ3v) is 3.81. The second kappa shape index (κ2) is 5.13. The van der Waals surface area contributed by atoms with Gasteiger partial charge in [-0.2, -0.15) is 0 Å². The van der Waals surface area contributed by atoms with Crippen LogP contribution in [0.1, 0.15) is 45.4 Å². The van der Waals surface area contributed by atoms with E-state index in [1.807, 2.05) is 0 Å². The third-order valence-electron chi connectivity index (χ3n) is 3.81. The van der Waals surface area contributed by atoms with Gasteiger partial charge in [-0.1, -0.05) is 13.3 Å². The fourth-order valence-corrected chi connectivity index (χ4v) is 2.79. The number of nitrogens with one attached hydrogen (secondary N) is 1. The van der Waals surface area contributed by atoms with Crippen LogP contribution >= 0.6 is 0 Å². The summed E-state index contributed by atoms with van der Waals surface area (Å²) in [5, 5.41) is 3.80. The van der Waals surface area contributed by atoms with Gasteiger partial charge in [0.05, 0.1) is 0 Å². The van der Waals surface area contributed by atoms with Gasteiger partial charge in [-0.15, -0.1) is 0 Å². The SMILES string of the molecule is CCC1CCC(NC2CCOCC2)C1. The fourth-order valence-electron chi connectivity index (χ4n) is 2.79. The number of hydrogen-bond acceptors (Lipinski definition) is 2. The van der Waals surface area contributed by atoms with Crippen molar-refractivity contribution in [3.8, 4) is 0 Å². The Labute approximate surface area is 87.4 Å². The van der Waals surface area contributed by atoms with E-state index in [0.29, 0.717) is 0 Å². The molecule has 1 aliphatic heterocycles. The fraction of sp³-hybridized carbons (Fsp3) is 1.00. The zero-order valence-electron chi connectivity index (χ0n) is 9.30. The van der Waals surface area contributed by atoms with Crippen molar-refractivity contribution in [3.05, 3.63) is 0 Å². The Bertz CT molecular complexity index is 166. The average molecular weight is 197 g/mol. The van der Waals surface area contributed by atoms with E-state index in [-0.39, 0.29) is 0 Å². The number of rotatable bonds is 3. The largest absolute Gasteiger partial charge is 0.381 e. The summed E-state index contributed by atoms with van der Waals surface area (Å²) in [7, 11) is 0. The van der Waals surface area contributed by atoms with Gasteiger partial charge in [0.1, 0.15) is 0 Å². The molecule has 2 rings (SSSR count). The van der Waals surface area contributed by atoms with Crippen molar-refractivity contribution in [1.29, 1.82) is 0 Å². The Kier molecular flexibility index (Phi) is 3.82. The van der Waals surface area contributed by atoms with Gasteiger partial charge in [0.15, 0.2) is 0 Å². The third kappa shape index (κ3) is 2.71. The number of ether oxygens (including phenoxy) is 1. The Morgan fingerprint density at radius 1 is 1.07 bits per heavy atom. The van der Waals surface area contributed by atoms with Crippen LogP contribution in [0.3, 0.4) is 0 Å². The molecule has 0 aromatic carbocycles. The first-order chi connectivity index (χ1) is 6.88. The summed E-state index contributed by atoms with van der Waals surface area (Å²) in [6.07, 6.45) is 8.05. The van der Waals surface area contributed by atoms with Gasteiger partial charge in [0.25, 0.3) is 0 Å². The van der Waals surface area contributed by atoms with Crippen molar-refractivity contribution in [2.75, 3.05) is 13.2 Å². The van der Waals surface area contributed by atoms with Crippen molar-refractivity contribution in [3.63, 3.8) is 0 Å². The summed E-state index contributed by atoms with van der Waals surface area (Å²) < 4.78 is 5.37. The van der Waals surface area contributed by atoms with E-state index < -0.39 is 0 Å². The maximum atomic E-state index is 5.37. The molecule has 2 aliphatic rings. The van der Waals surface area contributed by atoms with Crippen LogP contribution in [-0.4, -0.2) is 25.3 Å². The molecule has 1 saturated carbocycles. The van der Waals surface area contributed by atoms with E-state index in [1.165, 1.54) is 38.5 Å². The van der Waals surface area contributed by atoms with E-state index in [1.54, 1.807) is 0 Å². The Morgan fingerprint density at radius 2 is 1.86 bits per heavy atom. The highest BCUT2D eigenvalue weighted by Gasteiger charge is 2.25. The second-order valence-corrected chi connectivity index (χ2v) is 4.84. The molecule has 2 nitrogen and oxygen atoms in total. The lowest BCUT2D eigenvalue weighted by atomic mass is 10.0. The lowest BCUT2D eigenvalue weighted by Gasteiger charge is -2.26. The summed E-state index contributed by atoms with van der Waals surface area (Å²) in [5.74, 6) is 0.993. The van der Waals surface area contributed by atoms with Crippen molar-refractivity contribution in [2.45, 2.75) is 57.5 Å². The molecule has 0 aromatic rings. The van der Waals surface area contributed by atoms with Crippen LogP contribution in [0.5, 0.6) is 0 Å². The van der Waals surface area contributed by atoms with E-state index in [0.717, 1.165) is 31.2 Å². The Hall–Kier alpha value is -0.0800. The molecule has 1 heterocycles. The lowest BCUT2D eigenvalue weighted by molar-refractivity contribution is 0.0749. The summed E-state index contributed by atoms with van der Waals surface area (Å²) in [5.41, 5.74) is 0. The van der Waals surface area contributed by atoms with Gasteiger partial charge in [-0.05, 0) is 38.0 Å². The van der Waals surface area contributed by atoms with Gasteiger partial charge in [-0.3, -0.25) is 0 Å². The highest BCUT2D eigenvalue weighted by Crippen LogP contribution is 2.28.